The summed E-state index contributed by atoms with van der Waals surface area (Å²) in [6, 6.07) is 23.1. The van der Waals surface area contributed by atoms with Gasteiger partial charge in [0, 0.05) is 12.7 Å². The van der Waals surface area contributed by atoms with Crippen molar-refractivity contribution in [1.29, 1.82) is 0 Å². The van der Waals surface area contributed by atoms with Gasteiger partial charge in [-0.05, 0) is 65.4 Å². The summed E-state index contributed by atoms with van der Waals surface area (Å²) in [4.78, 5) is 12.0. The Labute approximate surface area is 171 Å². The van der Waals surface area contributed by atoms with Crippen LogP contribution in [0.1, 0.15) is 17.5 Å². The number of aliphatic hydroxyl groups is 1. The standard InChI is InChI=1S/C25H24O4/c1-28-23-13-6-20(7-14-23)8-17-25(27)29-24-15-11-22(12-16-24)21-9-4-19(5-10-21)3-2-18-26/h4-17,26H,2-3,18H2,1H3/b17-8+. The molecule has 0 atom stereocenters. The zero-order chi connectivity index (χ0) is 20.5. The van der Waals surface area contributed by atoms with Gasteiger partial charge in [-0.25, -0.2) is 4.79 Å². The molecule has 4 heteroatoms. The first-order chi connectivity index (χ1) is 14.2. The molecular formula is C25H24O4. The lowest BCUT2D eigenvalue weighted by atomic mass is 10.0. The number of esters is 1. The van der Waals surface area contributed by atoms with Crippen molar-refractivity contribution in [3.8, 4) is 22.6 Å². The van der Waals surface area contributed by atoms with E-state index in [1.54, 1.807) is 25.3 Å². The summed E-state index contributed by atoms with van der Waals surface area (Å²) >= 11 is 0. The summed E-state index contributed by atoms with van der Waals surface area (Å²) in [7, 11) is 1.61. The van der Waals surface area contributed by atoms with Gasteiger partial charge in [-0.2, -0.15) is 0 Å². The van der Waals surface area contributed by atoms with E-state index in [4.69, 9.17) is 14.6 Å². The summed E-state index contributed by atoms with van der Waals surface area (Å²) in [5.41, 5.74) is 4.24. The van der Waals surface area contributed by atoms with E-state index in [0.717, 1.165) is 35.3 Å². The second-order valence-electron chi connectivity index (χ2n) is 6.58. The van der Waals surface area contributed by atoms with Gasteiger partial charge in [0.25, 0.3) is 0 Å². The Hall–Kier alpha value is -3.37. The fraction of sp³-hybridized carbons (Fsp3) is 0.160. The Morgan fingerprint density at radius 2 is 1.45 bits per heavy atom. The second-order valence-corrected chi connectivity index (χ2v) is 6.58. The molecule has 0 spiro atoms. The molecular weight excluding hydrogens is 364 g/mol. The lowest BCUT2D eigenvalue weighted by molar-refractivity contribution is -0.128. The molecule has 0 saturated heterocycles. The predicted octanol–water partition coefficient (Wildman–Crippen LogP) is 4.91. The van der Waals surface area contributed by atoms with Gasteiger partial charge < -0.3 is 14.6 Å². The average molecular weight is 388 g/mol. The number of benzene rings is 3. The molecule has 4 nitrogen and oxygen atoms in total. The van der Waals surface area contributed by atoms with Gasteiger partial charge in [0.05, 0.1) is 7.11 Å². The first kappa shape index (κ1) is 20.4. The van der Waals surface area contributed by atoms with Crippen molar-refractivity contribution in [1.82, 2.24) is 0 Å². The highest BCUT2D eigenvalue weighted by Gasteiger charge is 2.03. The Kier molecular flexibility index (Phi) is 7.20. The fourth-order valence-corrected chi connectivity index (χ4v) is 2.89. The van der Waals surface area contributed by atoms with Crippen LogP contribution in [0.4, 0.5) is 0 Å². The lowest BCUT2D eigenvalue weighted by Crippen LogP contribution is -2.03. The Morgan fingerprint density at radius 1 is 0.862 bits per heavy atom. The molecule has 0 heterocycles. The average Bonchev–Trinajstić information content (AvgIpc) is 2.77. The molecule has 0 fully saturated rings. The van der Waals surface area contributed by atoms with Crippen LogP contribution in [-0.2, 0) is 11.2 Å². The molecule has 3 aromatic rings. The minimum atomic E-state index is -0.429. The molecule has 0 aliphatic carbocycles. The van der Waals surface area contributed by atoms with Crippen molar-refractivity contribution in [2.24, 2.45) is 0 Å². The molecule has 0 saturated carbocycles. The molecule has 29 heavy (non-hydrogen) atoms. The van der Waals surface area contributed by atoms with Gasteiger partial charge in [-0.15, -0.1) is 0 Å². The Balaban J connectivity index is 1.58. The number of methoxy groups -OCH3 is 1. The first-order valence-electron chi connectivity index (χ1n) is 9.52. The van der Waals surface area contributed by atoms with Crippen LogP contribution in [0.2, 0.25) is 0 Å². The number of aliphatic hydroxyl groups excluding tert-OH is 1. The van der Waals surface area contributed by atoms with Gasteiger partial charge in [-0.1, -0.05) is 48.5 Å². The number of carbonyl (C=O) groups is 1. The van der Waals surface area contributed by atoms with E-state index in [1.807, 2.05) is 36.4 Å². The van der Waals surface area contributed by atoms with E-state index in [-0.39, 0.29) is 6.61 Å². The van der Waals surface area contributed by atoms with E-state index in [9.17, 15) is 4.79 Å². The highest BCUT2D eigenvalue weighted by molar-refractivity contribution is 5.88. The van der Waals surface area contributed by atoms with Gasteiger partial charge in [0.15, 0.2) is 0 Å². The molecule has 0 aromatic heterocycles. The number of aryl methyl sites for hydroxylation is 1. The normalized spacial score (nSPS) is 10.8. The minimum Gasteiger partial charge on any atom is -0.497 e. The van der Waals surface area contributed by atoms with Gasteiger partial charge in [0.1, 0.15) is 11.5 Å². The first-order valence-corrected chi connectivity index (χ1v) is 9.52. The van der Waals surface area contributed by atoms with Crippen molar-refractivity contribution >= 4 is 12.0 Å². The van der Waals surface area contributed by atoms with Crippen molar-refractivity contribution in [3.63, 3.8) is 0 Å². The predicted molar refractivity (Wildman–Crippen MR) is 115 cm³/mol. The van der Waals surface area contributed by atoms with Crippen LogP contribution in [0.3, 0.4) is 0 Å². The Bertz CT molecular complexity index is 940. The van der Waals surface area contributed by atoms with Crippen LogP contribution >= 0.6 is 0 Å². The van der Waals surface area contributed by atoms with Crippen molar-refractivity contribution in [3.05, 3.63) is 90.0 Å². The van der Waals surface area contributed by atoms with Crippen LogP contribution in [0, 0.1) is 0 Å². The van der Waals surface area contributed by atoms with Gasteiger partial charge in [0.2, 0.25) is 0 Å². The third-order valence-corrected chi connectivity index (χ3v) is 4.51. The van der Waals surface area contributed by atoms with E-state index in [0.29, 0.717) is 5.75 Å². The van der Waals surface area contributed by atoms with Crippen LogP contribution in [0.5, 0.6) is 11.5 Å². The Morgan fingerprint density at radius 3 is 2.03 bits per heavy atom. The second kappa shape index (κ2) is 10.2. The minimum absolute atomic E-state index is 0.206. The summed E-state index contributed by atoms with van der Waals surface area (Å²) < 4.78 is 10.5. The van der Waals surface area contributed by atoms with E-state index in [1.165, 1.54) is 11.6 Å². The van der Waals surface area contributed by atoms with Crippen molar-refractivity contribution in [2.45, 2.75) is 12.8 Å². The molecule has 0 aliphatic heterocycles. The molecule has 3 rings (SSSR count). The van der Waals surface area contributed by atoms with Crippen LogP contribution in [-0.4, -0.2) is 24.8 Å². The summed E-state index contributed by atoms with van der Waals surface area (Å²) in [6.45, 7) is 0.206. The van der Waals surface area contributed by atoms with E-state index >= 15 is 0 Å². The number of carbonyl (C=O) groups excluding carboxylic acids is 1. The largest absolute Gasteiger partial charge is 0.497 e. The molecule has 3 aromatic carbocycles. The van der Waals surface area contributed by atoms with Crippen LogP contribution in [0.25, 0.3) is 17.2 Å². The number of ether oxygens (including phenoxy) is 2. The topological polar surface area (TPSA) is 55.8 Å². The molecule has 148 valence electrons. The molecule has 1 N–H and O–H groups in total. The molecule has 0 unspecified atom stereocenters. The molecule has 0 amide bonds. The quantitative estimate of drug-likeness (QED) is 0.339. The lowest BCUT2D eigenvalue weighted by Gasteiger charge is -2.06. The van der Waals surface area contributed by atoms with Gasteiger partial charge >= 0.3 is 5.97 Å². The molecule has 0 radical (unpaired) electrons. The smallest absolute Gasteiger partial charge is 0.336 e. The summed E-state index contributed by atoms with van der Waals surface area (Å²) in [5, 5.41) is 8.91. The maximum Gasteiger partial charge on any atom is 0.336 e. The van der Waals surface area contributed by atoms with Crippen LogP contribution < -0.4 is 9.47 Å². The zero-order valence-corrected chi connectivity index (χ0v) is 16.4. The maximum atomic E-state index is 12.0. The highest BCUT2D eigenvalue weighted by Crippen LogP contribution is 2.23. The SMILES string of the molecule is COc1ccc(/C=C/C(=O)Oc2ccc(-c3ccc(CCCO)cc3)cc2)cc1. The number of rotatable bonds is 8. The van der Waals surface area contributed by atoms with Crippen molar-refractivity contribution in [2.75, 3.05) is 13.7 Å². The number of hydrogen-bond donors (Lipinski definition) is 1. The van der Waals surface area contributed by atoms with Crippen molar-refractivity contribution < 1.29 is 19.4 Å². The van der Waals surface area contributed by atoms with E-state index < -0.39 is 5.97 Å². The molecule has 0 aliphatic rings. The summed E-state index contributed by atoms with van der Waals surface area (Å²) in [6.07, 6.45) is 4.75. The summed E-state index contributed by atoms with van der Waals surface area (Å²) in [5.74, 6) is 0.837. The van der Waals surface area contributed by atoms with E-state index in [2.05, 4.69) is 24.3 Å². The van der Waals surface area contributed by atoms with Crippen LogP contribution in [0.15, 0.2) is 78.9 Å². The third-order valence-electron chi connectivity index (χ3n) is 4.51. The molecule has 0 bridgehead atoms. The highest BCUT2D eigenvalue weighted by atomic mass is 16.5. The zero-order valence-electron chi connectivity index (χ0n) is 16.4. The fourth-order valence-electron chi connectivity index (χ4n) is 2.89. The third kappa shape index (κ3) is 6.06. The number of hydrogen-bond acceptors (Lipinski definition) is 4. The van der Waals surface area contributed by atoms with Gasteiger partial charge in [-0.3, -0.25) is 0 Å². The maximum absolute atomic E-state index is 12.0. The monoisotopic (exact) mass is 388 g/mol.